The van der Waals surface area contributed by atoms with E-state index in [1.807, 2.05) is 0 Å². The van der Waals surface area contributed by atoms with Crippen LogP contribution >= 0.6 is 0 Å². The second-order valence-electron chi connectivity index (χ2n) is 9.27. The smallest absolute Gasteiger partial charge is 0.261 e. The number of aliphatic hydroxyl groups excluding tert-OH is 1. The molecule has 1 aromatic heterocycles. The van der Waals surface area contributed by atoms with Crippen molar-refractivity contribution in [3.05, 3.63) is 102 Å². The fourth-order valence-corrected chi connectivity index (χ4v) is 5.04. The van der Waals surface area contributed by atoms with Gasteiger partial charge < -0.3 is 24.2 Å². The van der Waals surface area contributed by atoms with E-state index in [0.29, 0.717) is 47.2 Å². The number of pyridine rings is 1. The van der Waals surface area contributed by atoms with E-state index < -0.39 is 17.6 Å². The number of aliphatic imine (C=N–C) groups is 1. The molecule has 206 valence electrons. The van der Waals surface area contributed by atoms with Gasteiger partial charge in [0.25, 0.3) is 5.91 Å². The number of rotatable bonds is 7. The number of carbonyl (C=O) groups excluding carboxylic acids is 1. The lowest BCUT2D eigenvalue weighted by Crippen LogP contribution is -2.40. The van der Waals surface area contributed by atoms with Gasteiger partial charge in [-0.2, -0.15) is 0 Å². The molecular formula is C30H29FN4O5. The number of benzene rings is 2. The van der Waals surface area contributed by atoms with Crippen LogP contribution in [0.3, 0.4) is 0 Å². The van der Waals surface area contributed by atoms with Crippen molar-refractivity contribution in [3.63, 3.8) is 0 Å². The summed E-state index contributed by atoms with van der Waals surface area (Å²) in [6, 6.07) is 15.2. The Morgan fingerprint density at radius 3 is 2.45 bits per heavy atom. The SMILES string of the molecule is C=C1N=C(c2cccc(OC)c2)N(c2c(OC)cccc2OC)C(O)=C1C(=O)N1CCC(c2ncccc2F)C1. The third kappa shape index (κ3) is 4.72. The van der Waals surface area contributed by atoms with E-state index in [1.165, 1.54) is 37.4 Å². The van der Waals surface area contributed by atoms with Crippen LogP contribution in [-0.4, -0.2) is 61.2 Å². The van der Waals surface area contributed by atoms with Gasteiger partial charge in [-0.3, -0.25) is 14.7 Å². The first-order chi connectivity index (χ1) is 19.4. The number of carbonyl (C=O) groups is 1. The van der Waals surface area contributed by atoms with E-state index in [2.05, 4.69) is 11.6 Å². The first-order valence-corrected chi connectivity index (χ1v) is 12.6. The Morgan fingerprint density at radius 2 is 1.77 bits per heavy atom. The maximum atomic E-state index is 14.4. The summed E-state index contributed by atoms with van der Waals surface area (Å²) < 4.78 is 31.0. The van der Waals surface area contributed by atoms with Gasteiger partial charge in [0.2, 0.25) is 5.88 Å². The van der Waals surface area contributed by atoms with Crippen LogP contribution in [0.25, 0.3) is 0 Å². The molecule has 0 bridgehead atoms. The predicted octanol–water partition coefficient (Wildman–Crippen LogP) is 4.81. The molecule has 3 aromatic rings. The summed E-state index contributed by atoms with van der Waals surface area (Å²) in [6.07, 6.45) is 2.07. The number of halogens is 1. The molecule has 3 heterocycles. The van der Waals surface area contributed by atoms with E-state index in [-0.39, 0.29) is 29.6 Å². The van der Waals surface area contributed by atoms with Crippen LogP contribution in [-0.2, 0) is 4.79 Å². The minimum absolute atomic E-state index is 0.0814. The lowest BCUT2D eigenvalue weighted by Gasteiger charge is -2.33. The summed E-state index contributed by atoms with van der Waals surface area (Å²) in [7, 11) is 4.55. The zero-order valence-electron chi connectivity index (χ0n) is 22.4. The number of methoxy groups -OCH3 is 3. The molecule has 1 atom stereocenters. The van der Waals surface area contributed by atoms with Crippen molar-refractivity contribution < 1.29 is 28.5 Å². The Kier molecular flexibility index (Phi) is 7.41. The van der Waals surface area contributed by atoms with Crippen LogP contribution in [0.15, 0.2) is 89.5 Å². The van der Waals surface area contributed by atoms with Crippen molar-refractivity contribution in [3.8, 4) is 17.2 Å². The van der Waals surface area contributed by atoms with E-state index in [0.717, 1.165) is 0 Å². The zero-order valence-corrected chi connectivity index (χ0v) is 22.4. The fraction of sp³-hybridized carbons (Fsp3) is 0.233. The maximum absolute atomic E-state index is 14.4. The molecule has 1 N–H and O–H groups in total. The lowest BCUT2D eigenvalue weighted by atomic mass is 10.0. The molecule has 9 nitrogen and oxygen atoms in total. The average molecular weight is 545 g/mol. The first kappa shape index (κ1) is 26.7. The number of amides is 1. The summed E-state index contributed by atoms with van der Waals surface area (Å²) in [4.78, 5) is 25.7. The van der Waals surface area contributed by atoms with Gasteiger partial charge in [-0.25, -0.2) is 9.38 Å². The molecule has 0 radical (unpaired) electrons. The van der Waals surface area contributed by atoms with E-state index in [9.17, 15) is 14.3 Å². The molecule has 0 spiro atoms. The summed E-state index contributed by atoms with van der Waals surface area (Å²) in [6.45, 7) is 4.61. The Balaban J connectivity index is 1.60. The number of likely N-dealkylation sites (tertiary alicyclic amines) is 1. The highest BCUT2D eigenvalue weighted by Crippen LogP contribution is 2.43. The fourth-order valence-electron chi connectivity index (χ4n) is 5.04. The van der Waals surface area contributed by atoms with Crippen molar-refractivity contribution in [2.24, 2.45) is 4.99 Å². The topological polar surface area (TPSA) is 96.7 Å². The molecule has 1 fully saturated rings. The standard InChI is InChI=1S/C30H29FN4O5/c1-18-25(29(36)34-15-13-20(17-34)26-22(31)10-7-14-32-26)30(37)35(27-23(39-3)11-6-12-24(27)40-4)28(33-18)19-8-5-9-21(16-19)38-2/h5-12,14,16,20,37H,1,13,15,17H2,2-4H3. The normalized spacial score (nSPS) is 17.1. The Hall–Kier alpha value is -4.86. The van der Waals surface area contributed by atoms with E-state index in [1.54, 1.807) is 54.5 Å². The number of nitrogens with zero attached hydrogens (tertiary/aromatic N) is 4. The number of aliphatic hydroxyl groups is 1. The third-order valence-electron chi connectivity index (χ3n) is 6.99. The van der Waals surface area contributed by atoms with Crippen LogP contribution < -0.4 is 19.1 Å². The van der Waals surface area contributed by atoms with Crippen LogP contribution in [0.2, 0.25) is 0 Å². The van der Waals surface area contributed by atoms with Gasteiger partial charge in [0.15, 0.2) is 0 Å². The molecule has 2 aliphatic rings. The maximum Gasteiger partial charge on any atom is 0.261 e. The predicted molar refractivity (Wildman–Crippen MR) is 148 cm³/mol. The van der Waals surface area contributed by atoms with Gasteiger partial charge >= 0.3 is 0 Å². The van der Waals surface area contributed by atoms with Crippen LogP contribution in [0.5, 0.6) is 17.2 Å². The van der Waals surface area contributed by atoms with Crippen LogP contribution in [0.1, 0.15) is 23.6 Å². The summed E-state index contributed by atoms with van der Waals surface area (Å²) in [5.74, 6) is 0.0783. The largest absolute Gasteiger partial charge is 0.497 e. The van der Waals surface area contributed by atoms with Crippen molar-refractivity contribution in [2.45, 2.75) is 12.3 Å². The van der Waals surface area contributed by atoms with Gasteiger partial charge in [0.1, 0.15) is 40.2 Å². The Bertz CT molecular complexity index is 1510. The number of aromatic nitrogens is 1. The van der Waals surface area contributed by atoms with Gasteiger partial charge in [0.05, 0.1) is 32.7 Å². The summed E-state index contributed by atoms with van der Waals surface area (Å²) >= 11 is 0. The summed E-state index contributed by atoms with van der Waals surface area (Å²) in [5, 5.41) is 11.8. The number of amidine groups is 1. The lowest BCUT2D eigenvalue weighted by molar-refractivity contribution is -0.126. The molecule has 10 heteroatoms. The molecule has 40 heavy (non-hydrogen) atoms. The van der Waals surface area contributed by atoms with Gasteiger partial charge in [-0.05, 0) is 42.8 Å². The van der Waals surface area contributed by atoms with Crippen molar-refractivity contribution in [1.82, 2.24) is 9.88 Å². The van der Waals surface area contributed by atoms with Gasteiger partial charge in [-0.15, -0.1) is 0 Å². The van der Waals surface area contributed by atoms with Crippen molar-refractivity contribution in [2.75, 3.05) is 39.3 Å². The molecule has 1 amide bonds. The van der Waals surface area contributed by atoms with Crippen molar-refractivity contribution in [1.29, 1.82) is 0 Å². The summed E-state index contributed by atoms with van der Waals surface area (Å²) in [5.41, 5.74) is 1.26. The highest BCUT2D eigenvalue weighted by molar-refractivity contribution is 6.17. The number of hydrogen-bond donors (Lipinski definition) is 1. The Labute approximate surface area is 231 Å². The van der Waals surface area contributed by atoms with E-state index in [4.69, 9.17) is 19.2 Å². The first-order valence-electron chi connectivity index (χ1n) is 12.6. The zero-order chi connectivity index (χ0) is 28.4. The van der Waals surface area contributed by atoms with Gasteiger partial charge in [-0.1, -0.05) is 24.8 Å². The number of hydrogen-bond acceptors (Lipinski definition) is 8. The average Bonchev–Trinajstić information content (AvgIpc) is 3.47. The highest BCUT2D eigenvalue weighted by Gasteiger charge is 2.39. The highest BCUT2D eigenvalue weighted by atomic mass is 19.1. The van der Waals surface area contributed by atoms with E-state index >= 15 is 0 Å². The molecule has 2 aromatic carbocycles. The minimum atomic E-state index is -0.478. The van der Waals surface area contributed by atoms with Gasteiger partial charge in [0, 0.05) is 30.8 Å². The molecule has 2 aliphatic heterocycles. The minimum Gasteiger partial charge on any atom is -0.497 e. The van der Waals surface area contributed by atoms with Crippen LogP contribution in [0.4, 0.5) is 10.1 Å². The third-order valence-corrected chi connectivity index (χ3v) is 6.99. The molecule has 5 rings (SSSR count). The van der Waals surface area contributed by atoms with Crippen LogP contribution in [0, 0.1) is 5.82 Å². The number of ether oxygens (including phenoxy) is 3. The number of anilines is 1. The monoisotopic (exact) mass is 544 g/mol. The molecular weight excluding hydrogens is 515 g/mol. The Morgan fingerprint density at radius 1 is 1.05 bits per heavy atom. The second kappa shape index (κ2) is 11.1. The second-order valence-corrected chi connectivity index (χ2v) is 9.27. The number of para-hydroxylation sites is 1. The molecule has 0 aliphatic carbocycles. The molecule has 0 saturated carbocycles. The molecule has 1 unspecified atom stereocenters. The van der Waals surface area contributed by atoms with Crippen molar-refractivity contribution >= 4 is 17.4 Å². The quantitative estimate of drug-likeness (QED) is 0.456. The molecule has 1 saturated heterocycles.